The van der Waals surface area contributed by atoms with Crippen LogP contribution in [-0.4, -0.2) is 48.7 Å². The maximum atomic E-state index is 3.75. The fourth-order valence-corrected chi connectivity index (χ4v) is 3.60. The van der Waals surface area contributed by atoms with E-state index in [0.29, 0.717) is 24.2 Å². The molecule has 3 N–H and O–H groups in total. The van der Waals surface area contributed by atoms with Crippen LogP contribution < -0.4 is 16.2 Å². The average molecular weight is 268 g/mol. The molecule has 112 valence electrons. The Balaban J connectivity index is 2.13. The van der Waals surface area contributed by atoms with Gasteiger partial charge in [-0.2, -0.15) is 0 Å². The summed E-state index contributed by atoms with van der Waals surface area (Å²) in [4.78, 5) is 2.70. The molecule has 4 nitrogen and oxygen atoms in total. The highest BCUT2D eigenvalue weighted by atomic mass is 15.4. The number of hydrogen-bond acceptors (Lipinski definition) is 4. The molecule has 0 aromatic carbocycles. The standard InChI is InChI=1S/C15H32N4/c1-12(2)19-11-7-4-8-14-15(19)13(3)16-9-5-6-10-17-18-14/h12-18H,4-11H2,1-3H3. The van der Waals surface area contributed by atoms with E-state index in [1.165, 1.54) is 38.6 Å². The van der Waals surface area contributed by atoms with Crippen LogP contribution in [-0.2, 0) is 0 Å². The second kappa shape index (κ2) is 7.58. The minimum atomic E-state index is 0.554. The molecule has 4 heteroatoms. The van der Waals surface area contributed by atoms with Gasteiger partial charge >= 0.3 is 0 Å². The summed E-state index contributed by atoms with van der Waals surface area (Å²) in [5, 5.41) is 3.75. The lowest BCUT2D eigenvalue weighted by Gasteiger charge is -2.42. The van der Waals surface area contributed by atoms with Gasteiger partial charge in [-0.25, -0.2) is 0 Å². The number of nitrogens with one attached hydrogen (secondary N) is 3. The lowest BCUT2D eigenvalue weighted by Crippen LogP contribution is -2.62. The first-order valence-electron chi connectivity index (χ1n) is 8.17. The lowest BCUT2D eigenvalue weighted by atomic mass is 9.96. The Morgan fingerprint density at radius 1 is 1.05 bits per heavy atom. The average Bonchev–Trinajstić information content (AvgIpc) is 2.60. The molecule has 2 aliphatic rings. The minimum Gasteiger partial charge on any atom is -0.313 e. The fraction of sp³-hybridized carbons (Fsp3) is 1.00. The summed E-state index contributed by atoms with van der Waals surface area (Å²) < 4.78 is 0. The molecule has 2 aliphatic heterocycles. The minimum absolute atomic E-state index is 0.554. The van der Waals surface area contributed by atoms with Crippen LogP contribution in [0.1, 0.15) is 52.9 Å². The first-order valence-corrected chi connectivity index (χ1v) is 8.17. The zero-order valence-electron chi connectivity index (χ0n) is 12.9. The molecular weight excluding hydrogens is 236 g/mol. The monoisotopic (exact) mass is 268 g/mol. The van der Waals surface area contributed by atoms with Gasteiger partial charge in [-0.1, -0.05) is 6.42 Å². The van der Waals surface area contributed by atoms with Crippen molar-refractivity contribution in [3.63, 3.8) is 0 Å². The first kappa shape index (κ1) is 15.2. The third-order valence-corrected chi connectivity index (χ3v) is 4.63. The van der Waals surface area contributed by atoms with Crippen LogP contribution in [0.25, 0.3) is 0 Å². The summed E-state index contributed by atoms with van der Waals surface area (Å²) in [6.45, 7) is 10.5. The number of nitrogens with zero attached hydrogens (tertiary/aromatic N) is 1. The van der Waals surface area contributed by atoms with Crippen molar-refractivity contribution in [2.75, 3.05) is 19.6 Å². The quantitative estimate of drug-likeness (QED) is 0.674. The molecule has 0 bridgehead atoms. The molecule has 19 heavy (non-hydrogen) atoms. The fourth-order valence-electron chi connectivity index (χ4n) is 3.60. The second-order valence-electron chi connectivity index (χ2n) is 6.45. The summed E-state index contributed by atoms with van der Waals surface area (Å²) in [6.07, 6.45) is 6.47. The third-order valence-electron chi connectivity index (χ3n) is 4.63. The van der Waals surface area contributed by atoms with Crippen LogP contribution in [0.5, 0.6) is 0 Å². The van der Waals surface area contributed by atoms with Crippen LogP contribution in [0.15, 0.2) is 0 Å². The molecule has 0 amide bonds. The molecule has 0 aliphatic carbocycles. The van der Waals surface area contributed by atoms with E-state index in [0.717, 1.165) is 13.1 Å². The van der Waals surface area contributed by atoms with Crippen molar-refractivity contribution in [2.24, 2.45) is 0 Å². The van der Waals surface area contributed by atoms with E-state index < -0.39 is 0 Å². The largest absolute Gasteiger partial charge is 0.313 e. The number of rotatable bonds is 1. The Morgan fingerprint density at radius 2 is 1.84 bits per heavy atom. The van der Waals surface area contributed by atoms with Crippen molar-refractivity contribution >= 4 is 0 Å². The van der Waals surface area contributed by atoms with Gasteiger partial charge in [-0.15, -0.1) is 0 Å². The van der Waals surface area contributed by atoms with Crippen LogP contribution in [0.4, 0.5) is 0 Å². The van der Waals surface area contributed by atoms with Gasteiger partial charge in [0.25, 0.3) is 0 Å². The van der Waals surface area contributed by atoms with Crippen molar-refractivity contribution in [3.8, 4) is 0 Å². The Bertz CT molecular complexity index is 257. The van der Waals surface area contributed by atoms with Gasteiger partial charge in [-0.05, 0) is 59.5 Å². The van der Waals surface area contributed by atoms with Crippen molar-refractivity contribution in [1.29, 1.82) is 0 Å². The van der Waals surface area contributed by atoms with Crippen molar-refractivity contribution in [2.45, 2.75) is 77.0 Å². The molecular formula is C15H32N4. The summed E-state index contributed by atoms with van der Waals surface area (Å²) in [7, 11) is 0. The highest BCUT2D eigenvalue weighted by Crippen LogP contribution is 2.22. The van der Waals surface area contributed by atoms with E-state index in [1.807, 2.05) is 0 Å². The summed E-state index contributed by atoms with van der Waals surface area (Å²) in [5.41, 5.74) is 7.07. The zero-order valence-corrected chi connectivity index (χ0v) is 12.9. The molecule has 2 rings (SSSR count). The predicted molar refractivity (Wildman–Crippen MR) is 81.1 cm³/mol. The summed E-state index contributed by atoms with van der Waals surface area (Å²) >= 11 is 0. The molecule has 0 saturated carbocycles. The topological polar surface area (TPSA) is 39.3 Å². The highest BCUT2D eigenvalue weighted by Gasteiger charge is 2.34. The van der Waals surface area contributed by atoms with Crippen LogP contribution >= 0.6 is 0 Å². The van der Waals surface area contributed by atoms with Gasteiger partial charge in [-0.3, -0.25) is 15.8 Å². The van der Waals surface area contributed by atoms with Crippen molar-refractivity contribution in [3.05, 3.63) is 0 Å². The number of fused-ring (bicyclic) bond motifs is 1. The van der Waals surface area contributed by atoms with Gasteiger partial charge in [0.05, 0.1) is 0 Å². The molecule has 0 aromatic rings. The molecule has 0 aromatic heterocycles. The maximum Gasteiger partial charge on any atom is 0.0416 e. The molecule has 2 heterocycles. The third kappa shape index (κ3) is 4.15. The van der Waals surface area contributed by atoms with Gasteiger partial charge in [0.15, 0.2) is 0 Å². The van der Waals surface area contributed by atoms with Gasteiger partial charge in [0.2, 0.25) is 0 Å². The number of likely N-dealkylation sites (tertiary alicyclic amines) is 1. The Labute approximate surface area is 118 Å². The van der Waals surface area contributed by atoms with Gasteiger partial charge in [0.1, 0.15) is 0 Å². The molecule has 3 atom stereocenters. The normalized spacial score (nSPS) is 35.7. The van der Waals surface area contributed by atoms with Gasteiger partial charge in [0, 0.05) is 30.7 Å². The number of hydrazine groups is 1. The Hall–Kier alpha value is -0.160. The molecule has 3 unspecified atom stereocenters. The number of hydrogen-bond donors (Lipinski definition) is 3. The predicted octanol–water partition coefficient (Wildman–Crippen LogP) is 1.48. The molecule has 0 spiro atoms. The van der Waals surface area contributed by atoms with E-state index in [4.69, 9.17) is 0 Å². The van der Waals surface area contributed by atoms with E-state index in [1.54, 1.807) is 0 Å². The summed E-state index contributed by atoms with van der Waals surface area (Å²) in [5.74, 6) is 0. The lowest BCUT2D eigenvalue weighted by molar-refractivity contribution is 0.0971. The van der Waals surface area contributed by atoms with Crippen molar-refractivity contribution < 1.29 is 0 Å². The van der Waals surface area contributed by atoms with Crippen LogP contribution in [0, 0.1) is 0 Å². The maximum absolute atomic E-state index is 3.75. The van der Waals surface area contributed by atoms with E-state index >= 15 is 0 Å². The van der Waals surface area contributed by atoms with E-state index in [-0.39, 0.29) is 0 Å². The van der Waals surface area contributed by atoms with E-state index in [9.17, 15) is 0 Å². The van der Waals surface area contributed by atoms with E-state index in [2.05, 4.69) is 41.8 Å². The Morgan fingerprint density at radius 3 is 2.63 bits per heavy atom. The zero-order chi connectivity index (χ0) is 13.7. The highest BCUT2D eigenvalue weighted by molar-refractivity contribution is 4.94. The van der Waals surface area contributed by atoms with Crippen LogP contribution in [0.3, 0.4) is 0 Å². The SMILES string of the molecule is CC1NCCCCNNC2CCCCN(C(C)C)C12. The van der Waals surface area contributed by atoms with Crippen molar-refractivity contribution in [1.82, 2.24) is 21.1 Å². The molecule has 0 radical (unpaired) electrons. The Kier molecular flexibility index (Phi) is 6.07. The second-order valence-corrected chi connectivity index (χ2v) is 6.45. The first-order chi connectivity index (χ1) is 9.20. The summed E-state index contributed by atoms with van der Waals surface area (Å²) in [6, 6.07) is 2.33. The van der Waals surface area contributed by atoms with Crippen LogP contribution in [0.2, 0.25) is 0 Å². The van der Waals surface area contributed by atoms with Gasteiger partial charge < -0.3 is 5.32 Å². The molecule has 2 fully saturated rings. The molecule has 2 saturated heterocycles. The smallest absolute Gasteiger partial charge is 0.0416 e.